The quantitative estimate of drug-likeness (QED) is 0.773. The second-order valence-electron chi connectivity index (χ2n) is 6.23. The maximum Gasteiger partial charge on any atom is 0.278 e. The summed E-state index contributed by atoms with van der Waals surface area (Å²) in [6.45, 7) is 4.84. The van der Waals surface area contributed by atoms with Crippen molar-refractivity contribution in [3.8, 4) is 0 Å². The van der Waals surface area contributed by atoms with Gasteiger partial charge in [-0.3, -0.25) is 15.1 Å². The first-order chi connectivity index (χ1) is 13.2. The highest BCUT2D eigenvalue weighted by atomic mass is 35.5. The number of benzene rings is 1. The van der Waals surface area contributed by atoms with E-state index in [9.17, 15) is 4.79 Å². The van der Waals surface area contributed by atoms with Crippen molar-refractivity contribution in [3.63, 3.8) is 0 Å². The standard InChI is InChI=1S/C18H19ClN4O2S2/c19-13-3-1-12(2-4-13)10-20-16(24)18-22-21-17-15(27-18)9-14(26-17)11-23-5-7-25-8-6-23/h1-4,9,21H,5-8,10-11H2,(H,20,24). The number of hydrogen-bond donors (Lipinski definition) is 2. The van der Waals surface area contributed by atoms with E-state index in [1.54, 1.807) is 11.3 Å². The number of hydrazone groups is 1. The molecule has 2 aromatic rings. The van der Waals surface area contributed by atoms with Gasteiger partial charge in [-0.15, -0.1) is 11.3 Å². The number of amides is 1. The van der Waals surface area contributed by atoms with Gasteiger partial charge in [0.15, 0.2) is 5.04 Å². The van der Waals surface area contributed by atoms with E-state index in [1.807, 2.05) is 24.3 Å². The number of rotatable bonds is 5. The largest absolute Gasteiger partial charge is 0.379 e. The molecule has 6 nitrogen and oxygen atoms in total. The molecule has 0 unspecified atom stereocenters. The van der Waals surface area contributed by atoms with Crippen molar-refractivity contribution in [3.05, 3.63) is 45.8 Å². The zero-order chi connectivity index (χ0) is 18.6. The Morgan fingerprint density at radius 3 is 2.85 bits per heavy atom. The number of nitrogens with zero attached hydrogens (tertiary/aromatic N) is 2. The van der Waals surface area contributed by atoms with Crippen molar-refractivity contribution < 1.29 is 9.53 Å². The zero-order valence-corrected chi connectivity index (χ0v) is 16.9. The van der Waals surface area contributed by atoms with Gasteiger partial charge in [0.25, 0.3) is 5.91 Å². The van der Waals surface area contributed by atoms with Gasteiger partial charge in [-0.2, -0.15) is 5.10 Å². The average molecular weight is 423 g/mol. The van der Waals surface area contributed by atoms with Crippen LogP contribution in [0.3, 0.4) is 0 Å². The molecule has 0 radical (unpaired) electrons. The number of fused-ring (bicyclic) bond motifs is 1. The number of hydrogen-bond acceptors (Lipinski definition) is 7. The van der Waals surface area contributed by atoms with Gasteiger partial charge in [-0.25, -0.2) is 0 Å². The molecule has 1 saturated heterocycles. The number of halogens is 1. The molecule has 1 aromatic carbocycles. The van der Waals surface area contributed by atoms with Crippen LogP contribution in [-0.2, 0) is 22.6 Å². The summed E-state index contributed by atoms with van der Waals surface area (Å²) >= 11 is 8.98. The van der Waals surface area contributed by atoms with Crippen LogP contribution in [-0.4, -0.2) is 42.2 Å². The highest BCUT2D eigenvalue weighted by molar-refractivity contribution is 8.16. The molecule has 2 aliphatic rings. The fraction of sp³-hybridized carbons (Fsp3) is 0.333. The third kappa shape index (κ3) is 4.83. The summed E-state index contributed by atoms with van der Waals surface area (Å²) in [5.74, 6) is -0.186. The van der Waals surface area contributed by atoms with E-state index < -0.39 is 0 Å². The first kappa shape index (κ1) is 18.8. The molecule has 0 atom stereocenters. The molecule has 4 rings (SSSR count). The van der Waals surface area contributed by atoms with Gasteiger partial charge in [0.1, 0.15) is 5.00 Å². The SMILES string of the molecule is O=C(NCc1ccc(Cl)cc1)C1=NNc2sc(CN3CCOCC3)cc2S1. The fourth-order valence-corrected chi connectivity index (χ4v) is 5.01. The smallest absolute Gasteiger partial charge is 0.278 e. The summed E-state index contributed by atoms with van der Waals surface area (Å²) in [6, 6.07) is 9.56. The molecular formula is C18H19ClN4O2S2. The molecule has 3 heterocycles. The monoisotopic (exact) mass is 422 g/mol. The Balaban J connectivity index is 1.33. The van der Waals surface area contributed by atoms with Gasteiger partial charge in [0.2, 0.25) is 0 Å². The van der Waals surface area contributed by atoms with Crippen molar-refractivity contribution >= 4 is 50.7 Å². The minimum absolute atomic E-state index is 0.186. The Hall–Kier alpha value is -1.58. The number of nitrogens with one attached hydrogen (secondary N) is 2. The van der Waals surface area contributed by atoms with Crippen molar-refractivity contribution in [1.29, 1.82) is 0 Å². The summed E-state index contributed by atoms with van der Waals surface area (Å²) in [6.07, 6.45) is 0. The minimum Gasteiger partial charge on any atom is -0.379 e. The Morgan fingerprint density at radius 2 is 2.07 bits per heavy atom. The minimum atomic E-state index is -0.186. The van der Waals surface area contributed by atoms with Crippen LogP contribution >= 0.6 is 34.7 Å². The van der Waals surface area contributed by atoms with E-state index in [-0.39, 0.29) is 5.91 Å². The topological polar surface area (TPSA) is 66.0 Å². The van der Waals surface area contributed by atoms with Gasteiger partial charge < -0.3 is 10.1 Å². The van der Waals surface area contributed by atoms with Crippen LogP contribution in [0, 0.1) is 0 Å². The second-order valence-corrected chi connectivity index (χ2v) is 8.84. The van der Waals surface area contributed by atoms with Crippen LogP contribution in [0.4, 0.5) is 5.00 Å². The van der Waals surface area contributed by atoms with Crippen LogP contribution in [0.15, 0.2) is 40.3 Å². The second kappa shape index (κ2) is 8.62. The number of carbonyl (C=O) groups excluding carboxylic acids is 1. The van der Waals surface area contributed by atoms with Gasteiger partial charge in [-0.05, 0) is 23.8 Å². The molecular weight excluding hydrogens is 404 g/mol. The molecule has 1 amide bonds. The molecule has 0 spiro atoms. The predicted molar refractivity (Wildman–Crippen MR) is 111 cm³/mol. The number of thiophene rings is 1. The van der Waals surface area contributed by atoms with Crippen LogP contribution in [0.2, 0.25) is 5.02 Å². The summed E-state index contributed by atoms with van der Waals surface area (Å²) in [7, 11) is 0. The van der Waals surface area contributed by atoms with E-state index in [4.69, 9.17) is 16.3 Å². The Labute approximate surface area is 170 Å². The summed E-state index contributed by atoms with van der Waals surface area (Å²) in [5, 5.41) is 9.23. The highest BCUT2D eigenvalue weighted by Gasteiger charge is 2.23. The third-order valence-corrected chi connectivity index (χ3v) is 6.68. The van der Waals surface area contributed by atoms with Gasteiger partial charge in [-0.1, -0.05) is 35.5 Å². The predicted octanol–water partition coefficient (Wildman–Crippen LogP) is 3.38. The lowest BCUT2D eigenvalue weighted by Crippen LogP contribution is -2.35. The fourth-order valence-electron chi connectivity index (χ4n) is 2.82. The number of anilines is 1. The molecule has 0 bridgehead atoms. The lowest BCUT2D eigenvalue weighted by atomic mass is 10.2. The van der Waals surface area contributed by atoms with Crippen molar-refractivity contribution in [1.82, 2.24) is 10.2 Å². The Morgan fingerprint density at radius 1 is 1.30 bits per heavy atom. The van der Waals surface area contributed by atoms with Crippen molar-refractivity contribution in [2.45, 2.75) is 18.0 Å². The summed E-state index contributed by atoms with van der Waals surface area (Å²) in [5.41, 5.74) is 4.01. The van der Waals surface area contributed by atoms with Crippen LogP contribution in [0.5, 0.6) is 0 Å². The van der Waals surface area contributed by atoms with Crippen LogP contribution in [0.1, 0.15) is 10.4 Å². The molecule has 2 aliphatic heterocycles. The maximum absolute atomic E-state index is 12.4. The Kier molecular flexibility index (Phi) is 5.99. The zero-order valence-electron chi connectivity index (χ0n) is 14.5. The van der Waals surface area contributed by atoms with E-state index in [2.05, 4.69) is 26.8 Å². The van der Waals surface area contributed by atoms with Crippen LogP contribution < -0.4 is 10.7 Å². The van der Waals surface area contributed by atoms with E-state index in [0.717, 1.165) is 48.3 Å². The molecule has 1 aromatic heterocycles. The van der Waals surface area contributed by atoms with Crippen molar-refractivity contribution in [2.75, 3.05) is 31.7 Å². The molecule has 0 aliphatic carbocycles. The van der Waals surface area contributed by atoms with Crippen LogP contribution in [0.25, 0.3) is 0 Å². The average Bonchev–Trinajstić information content (AvgIpc) is 3.09. The molecule has 1 fully saturated rings. The maximum atomic E-state index is 12.4. The number of carbonyl (C=O) groups is 1. The highest BCUT2D eigenvalue weighted by Crippen LogP contribution is 2.39. The summed E-state index contributed by atoms with van der Waals surface area (Å²) < 4.78 is 5.40. The Bertz CT molecular complexity index is 848. The third-order valence-electron chi connectivity index (χ3n) is 4.26. The van der Waals surface area contributed by atoms with Crippen molar-refractivity contribution in [2.24, 2.45) is 5.10 Å². The molecule has 142 valence electrons. The van der Waals surface area contributed by atoms with E-state index in [1.165, 1.54) is 16.6 Å². The van der Waals surface area contributed by atoms with Gasteiger partial charge >= 0.3 is 0 Å². The summed E-state index contributed by atoms with van der Waals surface area (Å²) in [4.78, 5) is 17.1. The van der Waals surface area contributed by atoms with Gasteiger partial charge in [0, 0.05) is 36.1 Å². The first-order valence-electron chi connectivity index (χ1n) is 8.64. The first-order valence-corrected chi connectivity index (χ1v) is 10.7. The van der Waals surface area contributed by atoms with E-state index in [0.29, 0.717) is 16.6 Å². The lowest BCUT2D eigenvalue weighted by Gasteiger charge is -2.25. The molecule has 27 heavy (non-hydrogen) atoms. The number of thioether (sulfide) groups is 1. The van der Waals surface area contributed by atoms with Gasteiger partial charge in [0.05, 0.1) is 18.1 Å². The van der Waals surface area contributed by atoms with E-state index >= 15 is 0 Å². The number of morpholine rings is 1. The molecule has 0 saturated carbocycles. The number of ether oxygens (including phenoxy) is 1. The molecule has 2 N–H and O–H groups in total. The molecule has 9 heteroatoms. The normalized spacial score (nSPS) is 17.0. The lowest BCUT2D eigenvalue weighted by molar-refractivity contribution is -0.114.